The van der Waals surface area contributed by atoms with E-state index in [1.54, 1.807) is 0 Å². The van der Waals surface area contributed by atoms with Gasteiger partial charge in [0, 0.05) is 18.4 Å². The Morgan fingerprint density at radius 1 is 1.50 bits per heavy atom. The second-order valence-electron chi connectivity index (χ2n) is 3.49. The van der Waals surface area contributed by atoms with Crippen molar-refractivity contribution in [1.82, 2.24) is 10.2 Å². The topological polar surface area (TPSA) is 15.3 Å². The first-order valence-corrected chi connectivity index (χ1v) is 4.37. The summed E-state index contributed by atoms with van der Waals surface area (Å²) in [4.78, 5) is 2.23. The maximum atomic E-state index is 3.26. The van der Waals surface area contributed by atoms with E-state index in [4.69, 9.17) is 0 Å². The number of rotatable bonds is 1. The van der Waals surface area contributed by atoms with Gasteiger partial charge in [-0.05, 0) is 37.8 Å². The molecule has 0 saturated carbocycles. The fraction of sp³-hybridized carbons (Fsp3) is 0.400. The van der Waals surface area contributed by atoms with Crippen molar-refractivity contribution >= 4 is 0 Å². The minimum absolute atomic E-state index is 0.417. The number of nitrogens with one attached hydrogen (secondary N) is 1. The van der Waals surface area contributed by atoms with E-state index in [-0.39, 0.29) is 0 Å². The molecule has 12 heavy (non-hydrogen) atoms. The monoisotopic (exact) mass is 162 g/mol. The second-order valence-corrected chi connectivity index (χ2v) is 3.49. The molecule has 0 saturated heterocycles. The van der Waals surface area contributed by atoms with Crippen LogP contribution in [0.3, 0.4) is 0 Å². The lowest BCUT2D eigenvalue weighted by Gasteiger charge is -2.26. The summed E-state index contributed by atoms with van der Waals surface area (Å²) in [7, 11) is 0. The highest BCUT2D eigenvalue weighted by molar-refractivity contribution is 5.36. The van der Waals surface area contributed by atoms with Crippen molar-refractivity contribution in [3.05, 3.63) is 36.3 Å². The molecule has 64 valence electrons. The van der Waals surface area contributed by atoms with Crippen LogP contribution in [0, 0.1) is 0 Å². The second kappa shape index (κ2) is 2.70. The van der Waals surface area contributed by atoms with Crippen molar-refractivity contribution in [2.75, 3.05) is 0 Å². The molecular weight excluding hydrogens is 148 g/mol. The van der Waals surface area contributed by atoms with Crippen molar-refractivity contribution in [2.24, 2.45) is 0 Å². The van der Waals surface area contributed by atoms with E-state index >= 15 is 0 Å². The molecule has 0 fully saturated rings. The van der Waals surface area contributed by atoms with Gasteiger partial charge in [0.25, 0.3) is 0 Å². The molecule has 2 heterocycles. The summed E-state index contributed by atoms with van der Waals surface area (Å²) in [6.45, 7) is 4.38. The van der Waals surface area contributed by atoms with Crippen molar-refractivity contribution in [1.29, 1.82) is 0 Å². The summed E-state index contributed by atoms with van der Waals surface area (Å²) >= 11 is 0. The Morgan fingerprint density at radius 3 is 3.08 bits per heavy atom. The minimum Gasteiger partial charge on any atom is -0.380 e. The first-order chi connectivity index (χ1) is 5.77. The lowest BCUT2D eigenvalue weighted by Crippen LogP contribution is -2.28. The highest BCUT2D eigenvalue weighted by Gasteiger charge is 2.17. The molecule has 2 aliphatic rings. The number of nitrogens with zero attached hydrogens (tertiary/aromatic N) is 1. The van der Waals surface area contributed by atoms with E-state index in [1.807, 2.05) is 6.20 Å². The minimum atomic E-state index is 0.417. The molecule has 0 aromatic rings. The molecule has 0 spiro atoms. The Labute approximate surface area is 73.3 Å². The van der Waals surface area contributed by atoms with Gasteiger partial charge in [0.15, 0.2) is 0 Å². The van der Waals surface area contributed by atoms with Crippen LogP contribution in [-0.2, 0) is 0 Å². The van der Waals surface area contributed by atoms with Gasteiger partial charge in [0.05, 0.1) is 6.04 Å². The van der Waals surface area contributed by atoms with Crippen LogP contribution in [0.2, 0.25) is 0 Å². The zero-order valence-corrected chi connectivity index (χ0v) is 7.49. The van der Waals surface area contributed by atoms with Crippen LogP contribution in [0.5, 0.6) is 0 Å². The SMILES string of the molecule is CC(C)N1C=CC2NC=CC2=C1. The molecule has 2 heteroatoms. The Bertz CT molecular complexity index is 261. The maximum absolute atomic E-state index is 3.26. The normalized spacial score (nSPS) is 25.8. The van der Waals surface area contributed by atoms with Gasteiger partial charge in [-0.1, -0.05) is 0 Å². The first kappa shape index (κ1) is 7.47. The van der Waals surface area contributed by atoms with Gasteiger partial charge in [-0.15, -0.1) is 0 Å². The summed E-state index contributed by atoms with van der Waals surface area (Å²) in [6.07, 6.45) is 10.7. The Kier molecular flexibility index (Phi) is 1.68. The number of fused-ring (bicyclic) bond motifs is 1. The lowest BCUT2D eigenvalue weighted by molar-refractivity contribution is 0.405. The van der Waals surface area contributed by atoms with E-state index in [0.29, 0.717) is 12.1 Å². The largest absolute Gasteiger partial charge is 0.380 e. The number of hydrogen-bond donors (Lipinski definition) is 1. The van der Waals surface area contributed by atoms with Crippen molar-refractivity contribution < 1.29 is 0 Å². The third-order valence-electron chi connectivity index (χ3n) is 2.26. The van der Waals surface area contributed by atoms with Crippen LogP contribution in [0.25, 0.3) is 0 Å². The zero-order chi connectivity index (χ0) is 8.55. The quantitative estimate of drug-likeness (QED) is 0.630. The van der Waals surface area contributed by atoms with Crippen LogP contribution in [-0.4, -0.2) is 17.0 Å². The predicted molar refractivity (Wildman–Crippen MR) is 50.3 cm³/mol. The third-order valence-corrected chi connectivity index (χ3v) is 2.26. The van der Waals surface area contributed by atoms with E-state index in [0.717, 1.165) is 0 Å². The summed E-state index contributed by atoms with van der Waals surface area (Å²) in [5.41, 5.74) is 1.35. The average molecular weight is 162 g/mol. The van der Waals surface area contributed by atoms with E-state index in [9.17, 15) is 0 Å². The standard InChI is InChI=1S/C10H14N2/c1-8(2)12-6-4-10-9(7-12)3-5-11-10/h3-8,10-11H,1-2H3. The van der Waals surface area contributed by atoms with E-state index in [2.05, 4.69) is 48.6 Å². The molecule has 0 aliphatic carbocycles. The Hall–Kier alpha value is -1.18. The van der Waals surface area contributed by atoms with Crippen LogP contribution in [0.4, 0.5) is 0 Å². The molecule has 2 aliphatic heterocycles. The molecule has 1 N–H and O–H groups in total. The van der Waals surface area contributed by atoms with Crippen molar-refractivity contribution in [2.45, 2.75) is 25.9 Å². The first-order valence-electron chi connectivity index (χ1n) is 4.37. The Morgan fingerprint density at radius 2 is 2.33 bits per heavy atom. The molecule has 2 rings (SSSR count). The summed E-state index contributed by atoms with van der Waals surface area (Å²) in [6, 6.07) is 0.962. The smallest absolute Gasteiger partial charge is 0.0724 e. The van der Waals surface area contributed by atoms with Gasteiger partial charge < -0.3 is 10.2 Å². The zero-order valence-electron chi connectivity index (χ0n) is 7.49. The van der Waals surface area contributed by atoms with E-state index in [1.165, 1.54) is 5.57 Å². The van der Waals surface area contributed by atoms with Crippen molar-refractivity contribution in [3.63, 3.8) is 0 Å². The fourth-order valence-electron chi connectivity index (χ4n) is 1.46. The fourth-order valence-corrected chi connectivity index (χ4v) is 1.46. The van der Waals surface area contributed by atoms with Gasteiger partial charge in [-0.3, -0.25) is 0 Å². The lowest BCUT2D eigenvalue weighted by atomic mass is 10.1. The molecule has 0 aromatic heterocycles. The van der Waals surface area contributed by atoms with Crippen LogP contribution in [0.1, 0.15) is 13.8 Å². The van der Waals surface area contributed by atoms with Crippen molar-refractivity contribution in [3.8, 4) is 0 Å². The van der Waals surface area contributed by atoms with E-state index < -0.39 is 0 Å². The average Bonchev–Trinajstić information content (AvgIpc) is 2.49. The predicted octanol–water partition coefficient (Wildman–Crippen LogP) is 1.59. The van der Waals surface area contributed by atoms with Gasteiger partial charge >= 0.3 is 0 Å². The van der Waals surface area contributed by atoms with Gasteiger partial charge in [-0.2, -0.15) is 0 Å². The summed E-state index contributed by atoms with van der Waals surface area (Å²) in [5.74, 6) is 0. The Balaban J connectivity index is 2.19. The van der Waals surface area contributed by atoms with Gasteiger partial charge in [0.1, 0.15) is 0 Å². The van der Waals surface area contributed by atoms with Gasteiger partial charge in [-0.25, -0.2) is 0 Å². The summed E-state index contributed by atoms with van der Waals surface area (Å²) < 4.78 is 0. The van der Waals surface area contributed by atoms with Crippen LogP contribution >= 0.6 is 0 Å². The molecule has 0 amide bonds. The number of hydrogen-bond acceptors (Lipinski definition) is 2. The van der Waals surface area contributed by atoms with Crippen LogP contribution < -0.4 is 5.32 Å². The molecular formula is C10H14N2. The molecule has 0 aromatic carbocycles. The maximum Gasteiger partial charge on any atom is 0.0724 e. The molecule has 2 nitrogen and oxygen atoms in total. The highest BCUT2D eigenvalue weighted by atomic mass is 15.1. The molecule has 1 unspecified atom stereocenters. The van der Waals surface area contributed by atoms with Gasteiger partial charge in [0.2, 0.25) is 0 Å². The van der Waals surface area contributed by atoms with Crippen LogP contribution in [0.15, 0.2) is 36.3 Å². The highest BCUT2D eigenvalue weighted by Crippen LogP contribution is 2.19. The molecule has 0 bridgehead atoms. The molecule has 0 radical (unpaired) electrons. The summed E-state index contributed by atoms with van der Waals surface area (Å²) in [5, 5.41) is 3.26. The molecule has 1 atom stereocenters. The third kappa shape index (κ3) is 1.13.